The van der Waals surface area contributed by atoms with Crippen LogP contribution in [0.25, 0.3) is 10.7 Å². The quantitative estimate of drug-likeness (QED) is 0.252. The topological polar surface area (TPSA) is 125 Å². The lowest BCUT2D eigenvalue weighted by Gasteiger charge is -2.44. The maximum Gasteiger partial charge on any atom is 0.351 e. The Morgan fingerprint density at radius 2 is 1.69 bits per heavy atom. The molecule has 0 aromatic carbocycles. The fourth-order valence-corrected chi connectivity index (χ4v) is 9.19. The minimum atomic E-state index is -2.97. The Kier molecular flexibility index (Phi) is 9.74. The van der Waals surface area contributed by atoms with E-state index in [0.29, 0.717) is 5.82 Å². The van der Waals surface area contributed by atoms with E-state index in [1.165, 1.54) is 11.3 Å². The van der Waals surface area contributed by atoms with E-state index < -0.39 is 69.9 Å². The third kappa shape index (κ3) is 6.32. The molecule has 0 bridgehead atoms. The lowest BCUT2D eigenvalue weighted by atomic mass is 9.62. The van der Waals surface area contributed by atoms with Gasteiger partial charge in [0.2, 0.25) is 0 Å². The molecule has 5 rings (SSSR count). The van der Waals surface area contributed by atoms with E-state index in [1.807, 2.05) is 30.9 Å². The van der Waals surface area contributed by atoms with E-state index in [2.05, 4.69) is 21.8 Å². The maximum absolute atomic E-state index is 16.2. The Labute approximate surface area is 285 Å². The Balaban J connectivity index is 1.46. The molecule has 3 fully saturated rings. The zero-order valence-electron chi connectivity index (χ0n) is 28.8. The molecule has 3 aliphatic rings. The molecule has 12 heteroatoms. The summed E-state index contributed by atoms with van der Waals surface area (Å²) in [6.45, 7) is 11.5. The van der Waals surface area contributed by atoms with Crippen LogP contribution in [0.1, 0.15) is 72.6 Å². The number of cyclic esters (lactones) is 1. The zero-order valence-corrected chi connectivity index (χ0v) is 29.6. The number of likely N-dealkylation sites (tertiary alicyclic amines) is 1. The molecule has 10 nitrogen and oxygen atoms in total. The number of nitrogens with zero attached hydrogens (tertiary/aromatic N) is 3. The number of carbonyl (C=O) groups excluding carboxylic acids is 4. The molecular formula is C36H44FN3O7S. The average molecular weight is 682 g/mol. The molecule has 2 aromatic heterocycles. The minimum absolute atomic E-state index is 0.0222. The largest absolute Gasteiger partial charge is 0.455 e. The van der Waals surface area contributed by atoms with Gasteiger partial charge in [-0.05, 0) is 65.3 Å². The highest BCUT2D eigenvalue weighted by atomic mass is 32.1. The first-order valence-electron chi connectivity index (χ1n) is 16.4. The second kappa shape index (κ2) is 13.1. The van der Waals surface area contributed by atoms with Gasteiger partial charge in [-0.15, -0.1) is 11.3 Å². The van der Waals surface area contributed by atoms with Crippen molar-refractivity contribution < 1.29 is 37.8 Å². The SMILES string of the molecule is CC[C@@H]1OC(=O)[C@](C)(F)C(=O)[C@H](C)C[C@](C)(OCC#Cc2ccc(-c3ncccn3)s2)C[C@@H](C)C(=O)[C@]2(C)CN(C)[C@H]3C(=O)O[C@@]1(C)C32. The molecule has 1 unspecified atom stereocenters. The molecule has 3 saturated heterocycles. The number of halogens is 1. The van der Waals surface area contributed by atoms with Gasteiger partial charge < -0.3 is 14.2 Å². The average Bonchev–Trinajstić information content (AvgIpc) is 3.71. The number of ketones is 2. The van der Waals surface area contributed by atoms with Crippen molar-refractivity contribution in [3.05, 3.63) is 35.5 Å². The highest BCUT2D eigenvalue weighted by Gasteiger charge is 2.70. The lowest BCUT2D eigenvalue weighted by molar-refractivity contribution is -0.192. The first-order chi connectivity index (χ1) is 22.5. The van der Waals surface area contributed by atoms with Crippen LogP contribution in [0.3, 0.4) is 0 Å². The van der Waals surface area contributed by atoms with Gasteiger partial charge in [0.25, 0.3) is 5.67 Å². The molecule has 0 saturated carbocycles. The van der Waals surface area contributed by atoms with Gasteiger partial charge in [-0.2, -0.15) is 0 Å². The van der Waals surface area contributed by atoms with Gasteiger partial charge in [-0.3, -0.25) is 19.3 Å². The number of esters is 2. The second-order valence-electron chi connectivity index (χ2n) is 14.4. The van der Waals surface area contributed by atoms with Crippen LogP contribution in [0, 0.1) is 35.0 Å². The summed E-state index contributed by atoms with van der Waals surface area (Å²) in [6, 6.07) is 4.76. The summed E-state index contributed by atoms with van der Waals surface area (Å²) in [5.74, 6) is 1.58. The molecule has 2 aromatic rings. The van der Waals surface area contributed by atoms with Crippen molar-refractivity contribution in [2.24, 2.45) is 23.2 Å². The highest BCUT2D eigenvalue weighted by Crippen LogP contribution is 2.55. The van der Waals surface area contributed by atoms with Gasteiger partial charge in [-0.25, -0.2) is 19.2 Å². The minimum Gasteiger partial charge on any atom is -0.455 e. The molecule has 9 atom stereocenters. The van der Waals surface area contributed by atoms with Crippen LogP contribution in [0.5, 0.6) is 0 Å². The van der Waals surface area contributed by atoms with Gasteiger partial charge in [0.05, 0.1) is 15.4 Å². The van der Waals surface area contributed by atoms with Crippen molar-refractivity contribution in [1.82, 2.24) is 14.9 Å². The van der Waals surface area contributed by atoms with Crippen molar-refractivity contribution in [2.75, 3.05) is 20.2 Å². The van der Waals surface area contributed by atoms with E-state index in [9.17, 15) is 19.2 Å². The van der Waals surface area contributed by atoms with Crippen LogP contribution in [0.15, 0.2) is 30.6 Å². The Hall–Kier alpha value is -3.53. The maximum atomic E-state index is 16.2. The van der Waals surface area contributed by atoms with E-state index in [1.54, 1.807) is 53.2 Å². The molecule has 0 N–H and O–H groups in total. The van der Waals surface area contributed by atoms with Crippen molar-refractivity contribution in [2.45, 2.75) is 96.7 Å². The summed E-state index contributed by atoms with van der Waals surface area (Å²) in [4.78, 5) is 66.8. The van der Waals surface area contributed by atoms with Gasteiger partial charge >= 0.3 is 11.9 Å². The van der Waals surface area contributed by atoms with Crippen molar-refractivity contribution in [1.29, 1.82) is 0 Å². The number of rotatable bonds is 4. The smallest absolute Gasteiger partial charge is 0.351 e. The third-order valence-electron chi connectivity index (χ3n) is 10.4. The molecule has 5 heterocycles. The fraction of sp³-hybridized carbons (Fsp3) is 0.611. The van der Waals surface area contributed by atoms with E-state index >= 15 is 4.39 Å². The molecule has 0 aliphatic carbocycles. The first-order valence-corrected chi connectivity index (χ1v) is 17.2. The number of Topliss-reactive ketones (excluding diaryl/α,β-unsaturated/α-hetero) is 2. The van der Waals surface area contributed by atoms with Crippen LogP contribution in [0.2, 0.25) is 0 Å². The molecular weight excluding hydrogens is 637 g/mol. The molecule has 0 radical (unpaired) electrons. The van der Waals surface area contributed by atoms with Crippen LogP contribution in [-0.4, -0.2) is 87.6 Å². The van der Waals surface area contributed by atoms with Gasteiger partial charge in [0.1, 0.15) is 24.5 Å². The summed E-state index contributed by atoms with van der Waals surface area (Å²) in [5.41, 5.74) is -6.56. The fourth-order valence-electron chi connectivity index (χ4n) is 8.36. The summed E-state index contributed by atoms with van der Waals surface area (Å²) in [6.07, 6.45) is 2.68. The van der Waals surface area contributed by atoms with E-state index in [0.717, 1.165) is 16.7 Å². The number of aromatic nitrogens is 2. The Morgan fingerprint density at radius 1 is 1.04 bits per heavy atom. The summed E-state index contributed by atoms with van der Waals surface area (Å²) < 4.78 is 34.2. The number of alkyl halides is 1. The number of carbonyl (C=O) groups is 4. The highest BCUT2D eigenvalue weighted by molar-refractivity contribution is 7.15. The van der Waals surface area contributed by atoms with Crippen LogP contribution < -0.4 is 0 Å². The predicted molar refractivity (Wildman–Crippen MR) is 176 cm³/mol. The third-order valence-corrected chi connectivity index (χ3v) is 11.4. The predicted octanol–water partition coefficient (Wildman–Crippen LogP) is 4.84. The normalized spacial score (nSPS) is 37.6. The number of ether oxygens (including phenoxy) is 3. The van der Waals surface area contributed by atoms with Gasteiger partial charge in [0.15, 0.2) is 17.2 Å². The monoisotopic (exact) mass is 681 g/mol. The number of hydrogen-bond acceptors (Lipinski definition) is 11. The molecule has 0 spiro atoms. The number of likely N-dealkylation sites (N-methyl/N-ethyl adjacent to an activating group) is 1. The van der Waals surface area contributed by atoms with E-state index in [-0.39, 0.29) is 38.2 Å². The Morgan fingerprint density at radius 3 is 2.33 bits per heavy atom. The molecule has 3 aliphatic heterocycles. The lowest BCUT2D eigenvalue weighted by Crippen LogP contribution is -2.57. The van der Waals surface area contributed by atoms with Gasteiger partial charge in [0, 0.05) is 42.1 Å². The van der Waals surface area contributed by atoms with Crippen LogP contribution in [-0.2, 0) is 33.4 Å². The van der Waals surface area contributed by atoms with Crippen molar-refractivity contribution in [3.8, 4) is 22.5 Å². The molecule has 0 amide bonds. The van der Waals surface area contributed by atoms with E-state index in [4.69, 9.17) is 14.2 Å². The number of thiophene rings is 1. The summed E-state index contributed by atoms with van der Waals surface area (Å²) in [5, 5.41) is 0. The summed E-state index contributed by atoms with van der Waals surface area (Å²) >= 11 is 1.44. The van der Waals surface area contributed by atoms with Gasteiger partial charge in [-0.1, -0.05) is 39.5 Å². The molecule has 258 valence electrons. The molecule has 48 heavy (non-hydrogen) atoms. The van der Waals surface area contributed by atoms with Crippen LogP contribution >= 0.6 is 11.3 Å². The second-order valence-corrected chi connectivity index (χ2v) is 15.5. The van der Waals surface area contributed by atoms with Crippen LogP contribution in [0.4, 0.5) is 4.39 Å². The standard InChI is InChI=1S/C36H44FN3O7S/c1-9-25-36(7)27-26(31(43)47-36)40(8)20-34(27,5)28(41)21(2)18-33(4,19-22(3)29(42)35(6,37)32(44)46-25)45-17-10-12-23-13-14-24(48-23)30-38-15-11-16-39-30/h11,13-16,21-22,25-27H,9,17-20H2,1-8H3/t21-,22-,25+,26-,27?,33-,34-,35-,36-/m1/s1. The van der Waals surface area contributed by atoms with Crippen molar-refractivity contribution >= 4 is 34.8 Å². The zero-order chi connectivity index (χ0) is 35.2. The van der Waals surface area contributed by atoms with Crippen molar-refractivity contribution in [3.63, 3.8) is 0 Å². The first kappa shape index (κ1) is 35.8. The summed E-state index contributed by atoms with van der Waals surface area (Å²) in [7, 11) is 1.77. The number of hydrogen-bond donors (Lipinski definition) is 0. The Bertz CT molecular complexity index is 1650.